The molecule has 0 aliphatic carbocycles. The van der Waals surface area contributed by atoms with E-state index in [1.165, 1.54) is 0 Å². The Hall–Kier alpha value is -1.17. The summed E-state index contributed by atoms with van der Waals surface area (Å²) < 4.78 is 10.4. The highest BCUT2D eigenvalue weighted by atomic mass is 16.5. The van der Waals surface area contributed by atoms with E-state index in [4.69, 9.17) is 15.2 Å². The molecule has 5 nitrogen and oxygen atoms in total. The van der Waals surface area contributed by atoms with E-state index in [0.29, 0.717) is 12.4 Å². The van der Waals surface area contributed by atoms with E-state index in [1.54, 1.807) is 7.11 Å². The highest BCUT2D eigenvalue weighted by Gasteiger charge is 2.21. The van der Waals surface area contributed by atoms with Crippen LogP contribution < -0.4 is 10.5 Å². The van der Waals surface area contributed by atoms with Gasteiger partial charge in [0.1, 0.15) is 0 Å². The first kappa shape index (κ1) is 12.3. The van der Waals surface area contributed by atoms with Gasteiger partial charge in [-0.05, 0) is 5.56 Å². The Kier molecular flexibility index (Phi) is 4.30. The van der Waals surface area contributed by atoms with Gasteiger partial charge in [0, 0.05) is 37.9 Å². The molecule has 0 aromatic carbocycles. The maximum Gasteiger partial charge on any atom is 0.212 e. The van der Waals surface area contributed by atoms with Crippen LogP contribution in [-0.4, -0.2) is 49.8 Å². The number of nitrogens with two attached hydrogens (primary N) is 1. The molecule has 0 amide bonds. The van der Waals surface area contributed by atoms with Crippen molar-refractivity contribution in [2.75, 3.05) is 40.0 Å². The second-order valence-electron chi connectivity index (χ2n) is 4.03. The molecule has 1 aromatic rings. The molecular formula is C12H19N3O2. The molecule has 1 atom stereocenters. The van der Waals surface area contributed by atoms with E-state index in [2.05, 4.69) is 9.88 Å². The minimum absolute atomic E-state index is 0.220. The number of ether oxygens (including phenoxy) is 2. The molecular weight excluding hydrogens is 218 g/mol. The number of aromatic nitrogens is 1. The second kappa shape index (κ2) is 5.95. The summed E-state index contributed by atoms with van der Waals surface area (Å²) in [6.07, 6.45) is 1.84. The summed E-state index contributed by atoms with van der Waals surface area (Å²) in [7, 11) is 1.62. The number of hydrogen-bond donors (Lipinski definition) is 1. The Morgan fingerprint density at radius 2 is 2.24 bits per heavy atom. The maximum absolute atomic E-state index is 5.86. The maximum atomic E-state index is 5.86. The van der Waals surface area contributed by atoms with Crippen LogP contribution in [0.25, 0.3) is 0 Å². The van der Waals surface area contributed by atoms with Crippen molar-refractivity contribution < 1.29 is 9.47 Å². The average molecular weight is 237 g/mol. The van der Waals surface area contributed by atoms with Crippen LogP contribution in [0.4, 0.5) is 0 Å². The highest BCUT2D eigenvalue weighted by Crippen LogP contribution is 2.21. The first-order chi connectivity index (χ1) is 8.35. The van der Waals surface area contributed by atoms with E-state index in [-0.39, 0.29) is 6.04 Å². The van der Waals surface area contributed by atoms with Crippen LogP contribution in [0.1, 0.15) is 11.6 Å². The van der Waals surface area contributed by atoms with Gasteiger partial charge in [-0.2, -0.15) is 0 Å². The van der Waals surface area contributed by atoms with Gasteiger partial charge in [0.25, 0.3) is 0 Å². The monoisotopic (exact) mass is 237 g/mol. The average Bonchev–Trinajstić information content (AvgIpc) is 2.42. The lowest BCUT2D eigenvalue weighted by atomic mass is 10.1. The zero-order valence-corrected chi connectivity index (χ0v) is 10.1. The van der Waals surface area contributed by atoms with Crippen molar-refractivity contribution in [2.24, 2.45) is 5.73 Å². The fourth-order valence-corrected chi connectivity index (χ4v) is 2.09. The Labute approximate surface area is 102 Å². The van der Waals surface area contributed by atoms with E-state index in [0.717, 1.165) is 31.9 Å². The van der Waals surface area contributed by atoms with Crippen LogP contribution in [0.15, 0.2) is 18.3 Å². The lowest BCUT2D eigenvalue weighted by molar-refractivity contribution is 0.0178. The smallest absolute Gasteiger partial charge is 0.212 e. The van der Waals surface area contributed by atoms with Gasteiger partial charge in [-0.15, -0.1) is 0 Å². The van der Waals surface area contributed by atoms with Gasteiger partial charge in [0.05, 0.1) is 20.3 Å². The van der Waals surface area contributed by atoms with Gasteiger partial charge in [-0.1, -0.05) is 6.07 Å². The number of nitrogens with zero attached hydrogens (tertiary/aromatic N) is 2. The molecule has 0 bridgehead atoms. The van der Waals surface area contributed by atoms with Crippen molar-refractivity contribution in [2.45, 2.75) is 6.04 Å². The topological polar surface area (TPSA) is 60.6 Å². The van der Waals surface area contributed by atoms with E-state index >= 15 is 0 Å². The number of methoxy groups -OCH3 is 1. The summed E-state index contributed by atoms with van der Waals surface area (Å²) in [5.74, 6) is 0.631. The predicted molar refractivity (Wildman–Crippen MR) is 65.0 cm³/mol. The zero-order valence-electron chi connectivity index (χ0n) is 10.1. The molecule has 1 unspecified atom stereocenters. The molecule has 5 heteroatoms. The number of morpholine rings is 1. The van der Waals surface area contributed by atoms with Gasteiger partial charge in [0.2, 0.25) is 5.88 Å². The summed E-state index contributed by atoms with van der Waals surface area (Å²) in [5, 5.41) is 0. The zero-order chi connectivity index (χ0) is 12.1. The normalized spacial score (nSPS) is 18.9. The van der Waals surface area contributed by atoms with Crippen molar-refractivity contribution in [3.8, 4) is 5.88 Å². The number of hydrogen-bond acceptors (Lipinski definition) is 5. The third-order valence-corrected chi connectivity index (χ3v) is 3.06. The molecule has 2 rings (SSSR count). The molecule has 0 radical (unpaired) electrons. The molecule has 2 heterocycles. The minimum Gasteiger partial charge on any atom is -0.481 e. The molecule has 94 valence electrons. The largest absolute Gasteiger partial charge is 0.481 e. The van der Waals surface area contributed by atoms with Gasteiger partial charge in [-0.25, -0.2) is 4.98 Å². The van der Waals surface area contributed by atoms with Crippen LogP contribution in [0.2, 0.25) is 0 Å². The molecule has 2 N–H and O–H groups in total. The molecule has 1 aliphatic heterocycles. The van der Waals surface area contributed by atoms with E-state index in [9.17, 15) is 0 Å². The third-order valence-electron chi connectivity index (χ3n) is 3.06. The fourth-order valence-electron chi connectivity index (χ4n) is 2.09. The number of rotatable bonds is 4. The van der Waals surface area contributed by atoms with Crippen LogP contribution in [-0.2, 0) is 4.74 Å². The first-order valence-corrected chi connectivity index (χ1v) is 5.87. The molecule has 1 saturated heterocycles. The molecule has 0 spiro atoms. The van der Waals surface area contributed by atoms with Crippen LogP contribution in [0.3, 0.4) is 0 Å². The van der Waals surface area contributed by atoms with Crippen LogP contribution in [0.5, 0.6) is 5.88 Å². The first-order valence-electron chi connectivity index (χ1n) is 5.87. The van der Waals surface area contributed by atoms with E-state index < -0.39 is 0 Å². The summed E-state index contributed by atoms with van der Waals surface area (Å²) in [4.78, 5) is 6.57. The summed E-state index contributed by atoms with van der Waals surface area (Å²) in [6.45, 7) is 4.00. The molecule has 0 saturated carbocycles. The lowest BCUT2D eigenvalue weighted by Crippen LogP contribution is -2.41. The summed E-state index contributed by atoms with van der Waals surface area (Å²) in [5.41, 5.74) is 7.00. The fraction of sp³-hybridized carbons (Fsp3) is 0.583. The number of pyridine rings is 1. The van der Waals surface area contributed by atoms with Crippen LogP contribution in [0, 0.1) is 0 Å². The van der Waals surface area contributed by atoms with Crippen molar-refractivity contribution in [3.05, 3.63) is 23.9 Å². The Morgan fingerprint density at radius 1 is 1.47 bits per heavy atom. The third kappa shape index (κ3) is 2.94. The summed E-state index contributed by atoms with van der Waals surface area (Å²) in [6, 6.07) is 4.12. The quantitative estimate of drug-likeness (QED) is 0.822. The van der Waals surface area contributed by atoms with Crippen molar-refractivity contribution in [3.63, 3.8) is 0 Å². The predicted octanol–water partition coefficient (Wildman–Crippen LogP) is 0.422. The van der Waals surface area contributed by atoms with Crippen molar-refractivity contribution >= 4 is 0 Å². The molecule has 1 aromatic heterocycles. The van der Waals surface area contributed by atoms with Crippen molar-refractivity contribution in [1.29, 1.82) is 0 Å². The SMILES string of the molecule is COc1ccc(C(CN)N2CCOCC2)cn1. The standard InChI is InChI=1S/C12H19N3O2/c1-16-12-3-2-10(9-14-12)11(8-13)15-4-6-17-7-5-15/h2-3,9,11H,4-8,13H2,1H3. The van der Waals surface area contributed by atoms with Gasteiger partial charge < -0.3 is 15.2 Å². The lowest BCUT2D eigenvalue weighted by Gasteiger charge is -2.33. The Balaban J connectivity index is 2.10. The van der Waals surface area contributed by atoms with E-state index in [1.807, 2.05) is 18.3 Å². The minimum atomic E-state index is 0.220. The van der Waals surface area contributed by atoms with Gasteiger partial charge in [0.15, 0.2) is 0 Å². The Bertz CT molecular complexity index is 336. The summed E-state index contributed by atoms with van der Waals surface area (Å²) >= 11 is 0. The molecule has 1 aliphatic rings. The van der Waals surface area contributed by atoms with Crippen molar-refractivity contribution in [1.82, 2.24) is 9.88 Å². The highest BCUT2D eigenvalue weighted by molar-refractivity contribution is 5.21. The van der Waals surface area contributed by atoms with Gasteiger partial charge >= 0.3 is 0 Å². The Morgan fingerprint density at radius 3 is 2.76 bits per heavy atom. The molecule has 17 heavy (non-hydrogen) atoms. The molecule has 1 fully saturated rings. The second-order valence-corrected chi connectivity index (χ2v) is 4.03. The van der Waals surface area contributed by atoms with Crippen LogP contribution >= 0.6 is 0 Å². The van der Waals surface area contributed by atoms with Gasteiger partial charge in [-0.3, -0.25) is 4.90 Å².